The van der Waals surface area contributed by atoms with Crippen LogP contribution < -0.4 is 0 Å². The second-order valence-corrected chi connectivity index (χ2v) is 5.92. The third kappa shape index (κ3) is 2.94. The lowest BCUT2D eigenvalue weighted by Gasteiger charge is -2.24. The average molecular weight is 211 g/mol. The molecule has 2 saturated carbocycles. The van der Waals surface area contributed by atoms with E-state index in [0.717, 1.165) is 37.1 Å². The first kappa shape index (κ1) is 11.4. The van der Waals surface area contributed by atoms with E-state index < -0.39 is 0 Å². The molecule has 0 aromatic rings. The van der Waals surface area contributed by atoms with Crippen molar-refractivity contribution in [2.75, 3.05) is 20.6 Å². The maximum Gasteiger partial charge on any atom is 0.0555 e. The SMILES string of the molecule is CN(C)CCC(O)CC1CC2CCC1C2. The standard InChI is InChI=1S/C13H25NO/c1-14(2)6-5-13(15)9-12-8-10-3-4-11(12)7-10/h10-13,15H,3-9H2,1-2H3. The highest BCUT2D eigenvalue weighted by Crippen LogP contribution is 2.49. The number of hydrogen-bond donors (Lipinski definition) is 1. The molecule has 0 aromatic heterocycles. The van der Waals surface area contributed by atoms with Crippen LogP contribution in [0.3, 0.4) is 0 Å². The Morgan fingerprint density at radius 3 is 2.60 bits per heavy atom. The third-order valence-corrected chi connectivity index (χ3v) is 4.37. The Kier molecular flexibility index (Phi) is 3.68. The van der Waals surface area contributed by atoms with Crippen LogP contribution >= 0.6 is 0 Å². The molecular formula is C13H25NO. The number of hydrogen-bond acceptors (Lipinski definition) is 2. The summed E-state index contributed by atoms with van der Waals surface area (Å²) in [6, 6.07) is 0. The first-order chi connectivity index (χ1) is 7.15. The molecule has 4 atom stereocenters. The summed E-state index contributed by atoms with van der Waals surface area (Å²) in [6.45, 7) is 1.02. The van der Waals surface area contributed by atoms with Crippen molar-refractivity contribution in [1.82, 2.24) is 4.90 Å². The number of aliphatic hydroxyl groups is 1. The van der Waals surface area contributed by atoms with Crippen molar-refractivity contribution < 1.29 is 5.11 Å². The Bertz CT molecular complexity index is 205. The minimum atomic E-state index is -0.0586. The van der Waals surface area contributed by atoms with Gasteiger partial charge in [-0.05, 0) is 70.5 Å². The maximum absolute atomic E-state index is 9.96. The monoisotopic (exact) mass is 211 g/mol. The zero-order valence-corrected chi connectivity index (χ0v) is 10.2. The number of aliphatic hydroxyl groups excluding tert-OH is 1. The van der Waals surface area contributed by atoms with Gasteiger partial charge in [-0.1, -0.05) is 6.42 Å². The molecule has 0 radical (unpaired) electrons. The Balaban J connectivity index is 1.68. The van der Waals surface area contributed by atoms with Crippen LogP contribution in [0.1, 0.15) is 38.5 Å². The highest BCUT2D eigenvalue weighted by atomic mass is 16.3. The summed E-state index contributed by atoms with van der Waals surface area (Å²) < 4.78 is 0. The van der Waals surface area contributed by atoms with E-state index >= 15 is 0 Å². The lowest BCUT2D eigenvalue weighted by Crippen LogP contribution is -2.23. The molecule has 0 aromatic carbocycles. The Hall–Kier alpha value is -0.0800. The van der Waals surface area contributed by atoms with Crippen LogP contribution in [0.4, 0.5) is 0 Å². The Labute approximate surface area is 93.7 Å². The largest absolute Gasteiger partial charge is 0.393 e. The second kappa shape index (κ2) is 4.84. The number of fused-ring (bicyclic) bond motifs is 2. The molecule has 1 N–H and O–H groups in total. The van der Waals surface area contributed by atoms with E-state index in [4.69, 9.17) is 0 Å². The van der Waals surface area contributed by atoms with Crippen molar-refractivity contribution in [3.05, 3.63) is 0 Å². The van der Waals surface area contributed by atoms with Gasteiger partial charge in [0.25, 0.3) is 0 Å². The van der Waals surface area contributed by atoms with E-state index in [1.165, 1.54) is 25.7 Å². The minimum Gasteiger partial charge on any atom is -0.393 e. The van der Waals surface area contributed by atoms with Crippen molar-refractivity contribution in [1.29, 1.82) is 0 Å². The minimum absolute atomic E-state index is 0.0586. The van der Waals surface area contributed by atoms with Crippen molar-refractivity contribution in [3.8, 4) is 0 Å². The third-order valence-electron chi connectivity index (χ3n) is 4.37. The van der Waals surface area contributed by atoms with Gasteiger partial charge in [0.05, 0.1) is 6.10 Å². The molecule has 2 aliphatic carbocycles. The summed E-state index contributed by atoms with van der Waals surface area (Å²) in [5.41, 5.74) is 0. The fourth-order valence-electron chi connectivity index (χ4n) is 3.54. The fourth-order valence-corrected chi connectivity index (χ4v) is 3.54. The summed E-state index contributed by atoms with van der Waals surface area (Å²) in [5.74, 6) is 2.82. The van der Waals surface area contributed by atoms with Crippen LogP contribution in [0.2, 0.25) is 0 Å². The van der Waals surface area contributed by atoms with Crippen LogP contribution in [-0.2, 0) is 0 Å². The molecule has 15 heavy (non-hydrogen) atoms. The fraction of sp³-hybridized carbons (Fsp3) is 1.00. The van der Waals surface area contributed by atoms with Crippen molar-refractivity contribution >= 4 is 0 Å². The zero-order chi connectivity index (χ0) is 10.8. The Morgan fingerprint density at radius 1 is 1.27 bits per heavy atom. The molecule has 2 rings (SSSR count). The molecular weight excluding hydrogens is 186 g/mol. The molecule has 2 bridgehead atoms. The summed E-state index contributed by atoms with van der Waals surface area (Å²) in [6.07, 6.45) is 7.73. The van der Waals surface area contributed by atoms with E-state index in [-0.39, 0.29) is 6.10 Å². The molecule has 0 spiro atoms. The molecule has 2 heteroatoms. The highest BCUT2D eigenvalue weighted by Gasteiger charge is 2.39. The second-order valence-electron chi connectivity index (χ2n) is 5.92. The average Bonchev–Trinajstić information content (AvgIpc) is 2.76. The van der Waals surface area contributed by atoms with Crippen LogP contribution in [0.25, 0.3) is 0 Å². The van der Waals surface area contributed by atoms with E-state index in [2.05, 4.69) is 19.0 Å². The van der Waals surface area contributed by atoms with Crippen LogP contribution in [0, 0.1) is 17.8 Å². The molecule has 2 nitrogen and oxygen atoms in total. The van der Waals surface area contributed by atoms with Gasteiger partial charge in [-0.3, -0.25) is 0 Å². The molecule has 0 saturated heterocycles. The summed E-state index contributed by atoms with van der Waals surface area (Å²) in [7, 11) is 4.15. The molecule has 0 heterocycles. The molecule has 0 amide bonds. The van der Waals surface area contributed by atoms with Gasteiger partial charge in [-0.25, -0.2) is 0 Å². The van der Waals surface area contributed by atoms with Crippen molar-refractivity contribution in [3.63, 3.8) is 0 Å². The summed E-state index contributed by atoms with van der Waals surface area (Å²) >= 11 is 0. The molecule has 2 fully saturated rings. The smallest absolute Gasteiger partial charge is 0.0555 e. The van der Waals surface area contributed by atoms with Crippen molar-refractivity contribution in [2.45, 2.75) is 44.6 Å². The molecule has 4 unspecified atom stereocenters. The molecule has 2 aliphatic rings. The van der Waals surface area contributed by atoms with E-state index in [0.29, 0.717) is 0 Å². The summed E-state index contributed by atoms with van der Waals surface area (Å²) in [5, 5.41) is 9.96. The van der Waals surface area contributed by atoms with Gasteiger partial charge >= 0.3 is 0 Å². The van der Waals surface area contributed by atoms with Gasteiger partial charge in [0.15, 0.2) is 0 Å². The number of nitrogens with zero attached hydrogens (tertiary/aromatic N) is 1. The first-order valence-corrected chi connectivity index (χ1v) is 6.48. The topological polar surface area (TPSA) is 23.5 Å². The van der Waals surface area contributed by atoms with Crippen molar-refractivity contribution in [2.24, 2.45) is 17.8 Å². The quantitative estimate of drug-likeness (QED) is 0.753. The number of rotatable bonds is 5. The molecule has 0 aliphatic heterocycles. The predicted molar refractivity (Wildman–Crippen MR) is 62.7 cm³/mol. The summed E-state index contributed by atoms with van der Waals surface area (Å²) in [4.78, 5) is 2.16. The zero-order valence-electron chi connectivity index (χ0n) is 10.2. The van der Waals surface area contributed by atoms with Gasteiger partial charge < -0.3 is 10.0 Å². The van der Waals surface area contributed by atoms with E-state index in [1.54, 1.807) is 0 Å². The van der Waals surface area contributed by atoms with Crippen LogP contribution in [0.15, 0.2) is 0 Å². The maximum atomic E-state index is 9.96. The lowest BCUT2D eigenvalue weighted by molar-refractivity contribution is 0.108. The highest BCUT2D eigenvalue weighted by molar-refractivity contribution is 4.90. The van der Waals surface area contributed by atoms with E-state index in [1.807, 2.05) is 0 Å². The van der Waals surface area contributed by atoms with Gasteiger partial charge in [0.2, 0.25) is 0 Å². The first-order valence-electron chi connectivity index (χ1n) is 6.48. The van der Waals surface area contributed by atoms with Gasteiger partial charge in [0, 0.05) is 0 Å². The Morgan fingerprint density at radius 2 is 2.07 bits per heavy atom. The van der Waals surface area contributed by atoms with Crippen LogP contribution in [-0.4, -0.2) is 36.8 Å². The molecule has 88 valence electrons. The van der Waals surface area contributed by atoms with Crippen LogP contribution in [0.5, 0.6) is 0 Å². The lowest BCUT2D eigenvalue weighted by atomic mass is 9.84. The van der Waals surface area contributed by atoms with Gasteiger partial charge in [0.1, 0.15) is 0 Å². The normalized spacial score (nSPS) is 36.4. The predicted octanol–water partition coefficient (Wildman–Crippen LogP) is 2.13. The van der Waals surface area contributed by atoms with E-state index in [9.17, 15) is 5.11 Å². The van der Waals surface area contributed by atoms with Gasteiger partial charge in [-0.15, -0.1) is 0 Å². The van der Waals surface area contributed by atoms with Gasteiger partial charge in [-0.2, -0.15) is 0 Å².